The number of para-hydroxylation sites is 1. The quantitative estimate of drug-likeness (QED) is 0.787. The van der Waals surface area contributed by atoms with Crippen LogP contribution in [0.15, 0.2) is 18.2 Å². The molecule has 2 aliphatic heterocycles. The maximum absolute atomic E-state index is 12.1. The lowest BCUT2D eigenvalue weighted by molar-refractivity contribution is -0.123. The molecule has 2 aliphatic rings. The van der Waals surface area contributed by atoms with Gasteiger partial charge in [0.1, 0.15) is 5.60 Å². The van der Waals surface area contributed by atoms with Crippen molar-refractivity contribution in [2.45, 2.75) is 25.9 Å². The van der Waals surface area contributed by atoms with Crippen LogP contribution in [0.2, 0.25) is 0 Å². The molecule has 0 bridgehead atoms. The molecule has 0 aromatic heterocycles. The Morgan fingerprint density at radius 2 is 1.96 bits per heavy atom. The zero-order valence-corrected chi connectivity index (χ0v) is 16.8. The summed E-state index contributed by atoms with van der Waals surface area (Å²) >= 11 is 0. The van der Waals surface area contributed by atoms with Crippen molar-refractivity contribution >= 4 is 12.0 Å². The third-order valence-electron chi connectivity index (χ3n) is 4.97. The predicted molar refractivity (Wildman–Crippen MR) is 104 cm³/mol. The Hall–Kier alpha value is -2.48. The molecule has 0 atom stereocenters. The van der Waals surface area contributed by atoms with Gasteiger partial charge in [0, 0.05) is 51.3 Å². The Bertz CT molecular complexity index is 714. The van der Waals surface area contributed by atoms with Gasteiger partial charge in [-0.25, -0.2) is 4.79 Å². The number of amides is 2. The summed E-state index contributed by atoms with van der Waals surface area (Å²) < 4.78 is 16.4. The van der Waals surface area contributed by atoms with Crippen molar-refractivity contribution < 1.29 is 23.8 Å². The van der Waals surface area contributed by atoms with Crippen LogP contribution >= 0.6 is 0 Å². The Kier molecular flexibility index (Phi) is 6.28. The molecule has 0 spiro atoms. The van der Waals surface area contributed by atoms with E-state index in [0.29, 0.717) is 25.4 Å². The summed E-state index contributed by atoms with van der Waals surface area (Å²) in [6.45, 7) is 8.11. The number of carbonyl (C=O) groups is 2. The molecule has 2 amide bonds. The summed E-state index contributed by atoms with van der Waals surface area (Å²) in [6, 6.07) is 5.77. The fourth-order valence-corrected chi connectivity index (χ4v) is 3.53. The van der Waals surface area contributed by atoms with Gasteiger partial charge in [0.25, 0.3) is 5.91 Å². The molecule has 1 saturated heterocycles. The second-order valence-electron chi connectivity index (χ2n) is 7.72. The van der Waals surface area contributed by atoms with Crippen molar-refractivity contribution in [1.82, 2.24) is 15.1 Å². The van der Waals surface area contributed by atoms with E-state index in [0.717, 1.165) is 37.4 Å². The van der Waals surface area contributed by atoms with Gasteiger partial charge in [-0.3, -0.25) is 9.69 Å². The van der Waals surface area contributed by atoms with Crippen molar-refractivity contribution in [3.8, 4) is 11.5 Å². The molecule has 1 N–H and O–H groups in total. The molecule has 154 valence electrons. The lowest BCUT2D eigenvalue weighted by atomic mass is 10.0. The smallest absolute Gasteiger partial charge is 0.409 e. The van der Waals surface area contributed by atoms with Crippen molar-refractivity contribution in [2.75, 3.05) is 53.0 Å². The minimum atomic E-state index is -0.287. The molecule has 8 nitrogen and oxygen atoms in total. The van der Waals surface area contributed by atoms with E-state index < -0.39 is 0 Å². The van der Waals surface area contributed by atoms with Gasteiger partial charge in [0.15, 0.2) is 18.1 Å². The summed E-state index contributed by atoms with van der Waals surface area (Å²) in [6.07, 6.45) is 0.541. The molecule has 1 aromatic rings. The number of carbonyl (C=O) groups excluding carboxylic acids is 2. The molecule has 0 aliphatic carbocycles. The zero-order valence-electron chi connectivity index (χ0n) is 16.8. The van der Waals surface area contributed by atoms with Gasteiger partial charge in [-0.05, 0) is 19.9 Å². The highest BCUT2D eigenvalue weighted by atomic mass is 16.5. The molecule has 0 unspecified atom stereocenters. The normalized spacial score (nSPS) is 18.2. The maximum atomic E-state index is 12.1. The number of nitrogens with zero attached hydrogens (tertiary/aromatic N) is 2. The van der Waals surface area contributed by atoms with E-state index in [9.17, 15) is 9.59 Å². The molecule has 1 fully saturated rings. The van der Waals surface area contributed by atoms with Crippen LogP contribution in [0.1, 0.15) is 19.4 Å². The number of fused-ring (bicyclic) bond motifs is 1. The fraction of sp³-hybridized carbons (Fsp3) is 0.600. The van der Waals surface area contributed by atoms with E-state index in [-0.39, 0.29) is 24.2 Å². The van der Waals surface area contributed by atoms with E-state index >= 15 is 0 Å². The number of piperazine rings is 1. The third kappa shape index (κ3) is 5.07. The van der Waals surface area contributed by atoms with Crippen LogP contribution in [0.3, 0.4) is 0 Å². The van der Waals surface area contributed by atoms with E-state index in [1.807, 2.05) is 32.0 Å². The monoisotopic (exact) mass is 391 g/mol. The molecule has 0 saturated carbocycles. The topological polar surface area (TPSA) is 80.3 Å². The maximum Gasteiger partial charge on any atom is 0.409 e. The van der Waals surface area contributed by atoms with Crippen LogP contribution in [0.25, 0.3) is 0 Å². The summed E-state index contributed by atoms with van der Waals surface area (Å²) in [4.78, 5) is 27.5. The van der Waals surface area contributed by atoms with E-state index in [4.69, 9.17) is 14.2 Å². The Morgan fingerprint density at radius 3 is 2.68 bits per heavy atom. The number of nitrogens with one attached hydrogen (secondary N) is 1. The molecule has 28 heavy (non-hydrogen) atoms. The standard InChI is InChI=1S/C20H29N3O5/c1-20(2)13-15-5-4-6-16(18(15)28-20)27-14-17(24)21-7-8-22-9-11-23(12-10-22)19(25)26-3/h4-6H,7-14H2,1-3H3,(H,21,24). The van der Waals surface area contributed by atoms with Gasteiger partial charge in [-0.1, -0.05) is 12.1 Å². The SMILES string of the molecule is COC(=O)N1CCN(CCNC(=O)COc2cccc3c2OC(C)(C)C3)CC1. The Labute approximate surface area is 165 Å². The number of methoxy groups -OCH3 is 1. The fourth-order valence-electron chi connectivity index (χ4n) is 3.53. The first kappa shape index (κ1) is 20.3. The number of rotatable bonds is 6. The number of hydrogen-bond acceptors (Lipinski definition) is 6. The highest BCUT2D eigenvalue weighted by Crippen LogP contribution is 2.41. The largest absolute Gasteiger partial charge is 0.483 e. The summed E-state index contributed by atoms with van der Waals surface area (Å²) in [5.41, 5.74) is 0.857. The van der Waals surface area contributed by atoms with Crippen LogP contribution in [0.4, 0.5) is 4.79 Å². The van der Waals surface area contributed by atoms with E-state index in [1.165, 1.54) is 7.11 Å². The third-order valence-corrected chi connectivity index (χ3v) is 4.97. The minimum absolute atomic E-state index is 0.0453. The van der Waals surface area contributed by atoms with Gasteiger partial charge in [-0.2, -0.15) is 0 Å². The molecular formula is C20H29N3O5. The van der Waals surface area contributed by atoms with Crippen molar-refractivity contribution in [1.29, 1.82) is 0 Å². The highest BCUT2D eigenvalue weighted by molar-refractivity contribution is 5.77. The minimum Gasteiger partial charge on any atom is -0.483 e. The molecule has 1 aromatic carbocycles. The summed E-state index contributed by atoms with van der Waals surface area (Å²) in [5, 5.41) is 2.88. The lowest BCUT2D eigenvalue weighted by Crippen LogP contribution is -2.50. The second-order valence-corrected chi connectivity index (χ2v) is 7.72. The lowest BCUT2D eigenvalue weighted by Gasteiger charge is -2.33. The first-order valence-corrected chi connectivity index (χ1v) is 9.63. The first-order valence-electron chi connectivity index (χ1n) is 9.63. The van der Waals surface area contributed by atoms with Crippen molar-refractivity contribution in [3.05, 3.63) is 23.8 Å². The molecule has 0 radical (unpaired) electrons. The Morgan fingerprint density at radius 1 is 1.21 bits per heavy atom. The number of hydrogen-bond donors (Lipinski definition) is 1. The summed E-state index contributed by atoms with van der Waals surface area (Å²) in [5.74, 6) is 1.18. The van der Waals surface area contributed by atoms with Gasteiger partial charge in [-0.15, -0.1) is 0 Å². The molecule has 3 rings (SSSR count). The number of benzene rings is 1. The van der Waals surface area contributed by atoms with Crippen molar-refractivity contribution in [3.63, 3.8) is 0 Å². The average molecular weight is 391 g/mol. The first-order chi connectivity index (χ1) is 13.4. The van der Waals surface area contributed by atoms with Crippen LogP contribution in [0.5, 0.6) is 11.5 Å². The van der Waals surface area contributed by atoms with Crippen LogP contribution < -0.4 is 14.8 Å². The van der Waals surface area contributed by atoms with Gasteiger partial charge < -0.3 is 24.4 Å². The van der Waals surface area contributed by atoms with Gasteiger partial charge in [0.05, 0.1) is 7.11 Å². The highest BCUT2D eigenvalue weighted by Gasteiger charge is 2.32. The number of ether oxygens (including phenoxy) is 3. The second kappa shape index (κ2) is 8.68. The molecular weight excluding hydrogens is 362 g/mol. The van der Waals surface area contributed by atoms with Crippen molar-refractivity contribution in [2.24, 2.45) is 0 Å². The zero-order chi connectivity index (χ0) is 20.1. The predicted octanol–water partition coefficient (Wildman–Crippen LogP) is 1.28. The van der Waals surface area contributed by atoms with E-state index in [2.05, 4.69) is 10.2 Å². The van der Waals surface area contributed by atoms with Crippen LogP contribution in [-0.2, 0) is 16.0 Å². The Balaban J connectivity index is 1.37. The van der Waals surface area contributed by atoms with Gasteiger partial charge >= 0.3 is 6.09 Å². The molecule has 8 heteroatoms. The summed E-state index contributed by atoms with van der Waals surface area (Å²) in [7, 11) is 1.39. The average Bonchev–Trinajstić information content (AvgIpc) is 3.00. The van der Waals surface area contributed by atoms with Gasteiger partial charge in [0.2, 0.25) is 0 Å². The molecule has 2 heterocycles. The van der Waals surface area contributed by atoms with E-state index in [1.54, 1.807) is 4.90 Å². The van der Waals surface area contributed by atoms with Crippen LogP contribution in [-0.4, -0.2) is 80.4 Å². The van der Waals surface area contributed by atoms with Crippen LogP contribution in [0, 0.1) is 0 Å².